The van der Waals surface area contributed by atoms with Crippen molar-refractivity contribution in [3.63, 3.8) is 0 Å². The van der Waals surface area contributed by atoms with Gasteiger partial charge in [0.25, 0.3) is 5.91 Å². The molecule has 0 bridgehead atoms. The summed E-state index contributed by atoms with van der Waals surface area (Å²) >= 11 is 5.76. The Hall–Kier alpha value is -2.60. The van der Waals surface area contributed by atoms with E-state index in [0.717, 1.165) is 12.1 Å². The van der Waals surface area contributed by atoms with Crippen LogP contribution in [0, 0.1) is 5.82 Å². The van der Waals surface area contributed by atoms with Gasteiger partial charge in [-0.3, -0.25) is 4.79 Å². The minimum Gasteiger partial charge on any atom is -0.507 e. The van der Waals surface area contributed by atoms with Gasteiger partial charge in [-0.15, -0.1) is 0 Å². The number of benzene rings is 2. The first-order valence-corrected chi connectivity index (χ1v) is 7.60. The monoisotopic (exact) mass is 350 g/mol. The smallest absolute Gasteiger partial charge is 0.277 e. The van der Waals surface area contributed by atoms with E-state index < -0.39 is 11.7 Å². The van der Waals surface area contributed by atoms with E-state index in [0.29, 0.717) is 22.9 Å². The van der Waals surface area contributed by atoms with Crippen molar-refractivity contribution < 1.29 is 19.0 Å². The lowest BCUT2D eigenvalue weighted by atomic mass is 10.1. The fourth-order valence-electron chi connectivity index (χ4n) is 1.91. The summed E-state index contributed by atoms with van der Waals surface area (Å²) in [6.45, 7) is 1.54. The highest BCUT2D eigenvalue weighted by Gasteiger charge is 2.10. The predicted molar refractivity (Wildman–Crippen MR) is 90.0 cm³/mol. The molecule has 0 heterocycles. The molecule has 2 N–H and O–H groups in total. The van der Waals surface area contributed by atoms with Crippen LogP contribution in [-0.4, -0.2) is 23.3 Å². The molecular weight excluding hydrogens is 335 g/mol. The summed E-state index contributed by atoms with van der Waals surface area (Å²) in [4.78, 5) is 11.8. The van der Waals surface area contributed by atoms with Gasteiger partial charge < -0.3 is 9.84 Å². The number of carbonyl (C=O) groups is 1. The third-order valence-electron chi connectivity index (χ3n) is 3.10. The number of ether oxygens (including phenoxy) is 1. The quantitative estimate of drug-likeness (QED) is 0.618. The highest BCUT2D eigenvalue weighted by molar-refractivity contribution is 6.30. The lowest BCUT2D eigenvalue weighted by molar-refractivity contribution is -0.123. The number of hydrogen-bond donors (Lipinski definition) is 2. The van der Waals surface area contributed by atoms with E-state index >= 15 is 0 Å². The number of nitrogens with one attached hydrogen (secondary N) is 1. The van der Waals surface area contributed by atoms with Crippen molar-refractivity contribution in [3.05, 3.63) is 58.9 Å². The van der Waals surface area contributed by atoms with Crippen molar-refractivity contribution in [2.24, 2.45) is 5.10 Å². The maximum atomic E-state index is 13.3. The topological polar surface area (TPSA) is 70.9 Å². The largest absolute Gasteiger partial charge is 0.507 e. The van der Waals surface area contributed by atoms with Gasteiger partial charge in [0.1, 0.15) is 17.3 Å². The predicted octanol–water partition coefficient (Wildman–Crippen LogP) is 3.49. The molecule has 0 fully saturated rings. The first-order chi connectivity index (χ1) is 11.5. The standard InChI is InChI=1S/C17H16ClFN2O3/c1-2-15(14-9-12(19)5-8-16(14)22)20-21-17(23)10-24-13-6-3-11(18)4-7-13/h3-9,22H,2,10H2,1H3,(H,21,23)/b20-15+. The van der Waals surface area contributed by atoms with E-state index in [1.54, 1.807) is 31.2 Å². The third kappa shape index (κ3) is 4.96. The summed E-state index contributed by atoms with van der Waals surface area (Å²) < 4.78 is 18.6. The van der Waals surface area contributed by atoms with Crippen LogP contribution < -0.4 is 10.2 Å². The Labute approximate surface area is 143 Å². The molecule has 0 saturated carbocycles. The Morgan fingerprint density at radius 1 is 1.29 bits per heavy atom. The number of rotatable bonds is 6. The normalized spacial score (nSPS) is 11.2. The van der Waals surface area contributed by atoms with Crippen molar-refractivity contribution >= 4 is 23.2 Å². The number of carbonyl (C=O) groups excluding carboxylic acids is 1. The fraction of sp³-hybridized carbons (Fsp3) is 0.176. The van der Waals surface area contributed by atoms with E-state index in [1.807, 2.05) is 0 Å². The molecule has 126 valence electrons. The summed E-state index contributed by atoms with van der Waals surface area (Å²) in [6, 6.07) is 10.1. The van der Waals surface area contributed by atoms with Gasteiger partial charge in [-0.05, 0) is 48.9 Å². The zero-order chi connectivity index (χ0) is 17.5. The maximum Gasteiger partial charge on any atom is 0.277 e. The molecule has 0 atom stereocenters. The van der Waals surface area contributed by atoms with Crippen LogP contribution in [-0.2, 0) is 4.79 Å². The van der Waals surface area contributed by atoms with Gasteiger partial charge in [-0.25, -0.2) is 9.82 Å². The lowest BCUT2D eigenvalue weighted by Crippen LogP contribution is -2.26. The van der Waals surface area contributed by atoms with Crippen LogP contribution in [0.25, 0.3) is 0 Å². The average Bonchev–Trinajstić information content (AvgIpc) is 2.58. The average molecular weight is 351 g/mol. The molecule has 7 heteroatoms. The van der Waals surface area contributed by atoms with Crippen molar-refractivity contribution in [1.29, 1.82) is 0 Å². The Kier molecular flexibility index (Phi) is 6.14. The van der Waals surface area contributed by atoms with Gasteiger partial charge in [0, 0.05) is 10.6 Å². The van der Waals surface area contributed by atoms with E-state index in [9.17, 15) is 14.3 Å². The highest BCUT2D eigenvalue weighted by atomic mass is 35.5. The van der Waals surface area contributed by atoms with E-state index in [4.69, 9.17) is 16.3 Å². The van der Waals surface area contributed by atoms with E-state index in [2.05, 4.69) is 10.5 Å². The third-order valence-corrected chi connectivity index (χ3v) is 3.36. The van der Waals surface area contributed by atoms with Gasteiger partial charge in [0.2, 0.25) is 0 Å². The first kappa shape index (κ1) is 17.7. The zero-order valence-electron chi connectivity index (χ0n) is 12.9. The van der Waals surface area contributed by atoms with Crippen LogP contribution in [0.4, 0.5) is 4.39 Å². The number of amides is 1. The maximum absolute atomic E-state index is 13.3. The number of phenols is 1. The molecule has 0 spiro atoms. The van der Waals surface area contributed by atoms with Crippen LogP contribution in [0.3, 0.4) is 0 Å². The summed E-state index contributed by atoms with van der Waals surface area (Å²) in [6.07, 6.45) is 0.398. The molecule has 0 saturated heterocycles. The van der Waals surface area contributed by atoms with Crippen molar-refractivity contribution in [2.45, 2.75) is 13.3 Å². The summed E-state index contributed by atoms with van der Waals surface area (Å²) in [7, 11) is 0. The minimum absolute atomic E-state index is 0.108. The van der Waals surface area contributed by atoms with Gasteiger partial charge in [0.05, 0.1) is 5.71 Å². The second kappa shape index (κ2) is 8.31. The molecule has 0 aromatic heterocycles. The highest BCUT2D eigenvalue weighted by Crippen LogP contribution is 2.20. The van der Waals surface area contributed by atoms with Crippen LogP contribution in [0.5, 0.6) is 11.5 Å². The molecule has 1 amide bonds. The Balaban J connectivity index is 1.98. The van der Waals surface area contributed by atoms with Gasteiger partial charge >= 0.3 is 0 Å². The summed E-state index contributed by atoms with van der Waals surface area (Å²) in [5.74, 6) is -0.589. The van der Waals surface area contributed by atoms with Gasteiger partial charge in [-0.2, -0.15) is 5.10 Å². The van der Waals surface area contributed by atoms with Crippen LogP contribution >= 0.6 is 11.6 Å². The number of halogens is 2. The number of phenolic OH excluding ortho intramolecular Hbond substituents is 1. The SMILES string of the molecule is CC/C(=N\NC(=O)COc1ccc(Cl)cc1)c1cc(F)ccc1O. The lowest BCUT2D eigenvalue weighted by Gasteiger charge is -2.08. The zero-order valence-corrected chi connectivity index (χ0v) is 13.7. The Morgan fingerprint density at radius 3 is 2.67 bits per heavy atom. The molecule has 24 heavy (non-hydrogen) atoms. The molecule has 0 unspecified atom stereocenters. The molecule has 0 aliphatic carbocycles. The fourth-order valence-corrected chi connectivity index (χ4v) is 2.04. The Bertz CT molecular complexity index is 748. The first-order valence-electron chi connectivity index (χ1n) is 7.22. The Morgan fingerprint density at radius 2 is 2.00 bits per heavy atom. The molecule has 2 aromatic carbocycles. The number of nitrogens with zero attached hydrogens (tertiary/aromatic N) is 1. The molecule has 2 aromatic rings. The summed E-state index contributed by atoms with van der Waals surface area (Å²) in [5, 5.41) is 14.3. The van der Waals surface area contributed by atoms with Crippen molar-refractivity contribution in [3.8, 4) is 11.5 Å². The molecule has 0 radical (unpaired) electrons. The van der Waals surface area contributed by atoms with Gasteiger partial charge in [0.15, 0.2) is 6.61 Å². The van der Waals surface area contributed by atoms with E-state index in [-0.39, 0.29) is 17.9 Å². The molecule has 0 aliphatic rings. The minimum atomic E-state index is -0.499. The van der Waals surface area contributed by atoms with Crippen molar-refractivity contribution in [1.82, 2.24) is 5.43 Å². The number of hydrogen-bond acceptors (Lipinski definition) is 4. The molecule has 2 rings (SSSR count). The molecule has 0 aliphatic heterocycles. The van der Waals surface area contributed by atoms with Crippen molar-refractivity contribution in [2.75, 3.05) is 6.61 Å². The van der Waals surface area contributed by atoms with Gasteiger partial charge in [-0.1, -0.05) is 18.5 Å². The summed E-state index contributed by atoms with van der Waals surface area (Å²) in [5.41, 5.74) is 2.91. The molecular formula is C17H16ClFN2O3. The number of aromatic hydroxyl groups is 1. The number of hydrazone groups is 1. The van der Waals surface area contributed by atoms with Crippen LogP contribution in [0.1, 0.15) is 18.9 Å². The van der Waals surface area contributed by atoms with Crippen LogP contribution in [0.2, 0.25) is 5.02 Å². The second-order valence-electron chi connectivity index (χ2n) is 4.85. The van der Waals surface area contributed by atoms with Crippen LogP contribution in [0.15, 0.2) is 47.6 Å². The molecule has 5 nitrogen and oxygen atoms in total. The second-order valence-corrected chi connectivity index (χ2v) is 5.29. The van der Waals surface area contributed by atoms with E-state index in [1.165, 1.54) is 6.07 Å².